The van der Waals surface area contributed by atoms with E-state index in [4.69, 9.17) is 9.47 Å². The van der Waals surface area contributed by atoms with Gasteiger partial charge in [-0.05, 0) is 63.6 Å². The van der Waals surface area contributed by atoms with Crippen molar-refractivity contribution in [2.24, 2.45) is 0 Å². The number of para-hydroxylation sites is 2. The van der Waals surface area contributed by atoms with Gasteiger partial charge in [-0.2, -0.15) is 0 Å². The molecule has 0 aliphatic carbocycles. The molecule has 0 saturated heterocycles. The van der Waals surface area contributed by atoms with Gasteiger partial charge in [0.1, 0.15) is 23.6 Å². The number of nitrogens with one attached hydrogen (secondary N) is 1. The Morgan fingerprint density at radius 1 is 1.06 bits per heavy atom. The van der Waals surface area contributed by atoms with E-state index in [-0.39, 0.29) is 10.9 Å². The van der Waals surface area contributed by atoms with Crippen LogP contribution in [0.1, 0.15) is 43.0 Å². The molecule has 8 heteroatoms. The lowest BCUT2D eigenvalue weighted by molar-refractivity contribution is -0.120. The standard InChI is InChI=1S/C28H32N2O5S/c1-19-10-13-21(14-11-19)36(32,33)30(24-8-6-7-9-25(24)34-5)18-27(31)29-23-17-28(3,4)35-26-16-20(2)12-15-22(23)26/h6-16,23H,17-18H2,1-5H3,(H,29,31). The minimum atomic E-state index is -4.06. The summed E-state index contributed by atoms with van der Waals surface area (Å²) < 4.78 is 40.2. The number of benzene rings is 3. The van der Waals surface area contributed by atoms with E-state index < -0.39 is 28.1 Å². The first-order chi connectivity index (χ1) is 17.0. The van der Waals surface area contributed by atoms with E-state index in [2.05, 4.69) is 5.32 Å². The number of nitrogens with zero attached hydrogens (tertiary/aromatic N) is 1. The van der Waals surface area contributed by atoms with Crippen molar-refractivity contribution >= 4 is 21.6 Å². The molecular weight excluding hydrogens is 476 g/mol. The summed E-state index contributed by atoms with van der Waals surface area (Å²) in [5.41, 5.74) is 2.67. The van der Waals surface area contributed by atoms with E-state index in [1.54, 1.807) is 48.5 Å². The number of sulfonamides is 1. The smallest absolute Gasteiger partial charge is 0.264 e. The number of fused-ring (bicyclic) bond motifs is 1. The average Bonchev–Trinajstić information content (AvgIpc) is 2.81. The van der Waals surface area contributed by atoms with Gasteiger partial charge in [-0.3, -0.25) is 9.10 Å². The molecule has 1 atom stereocenters. The van der Waals surface area contributed by atoms with Crippen molar-refractivity contribution in [2.45, 2.75) is 50.7 Å². The van der Waals surface area contributed by atoms with Crippen LogP contribution in [-0.4, -0.2) is 33.6 Å². The van der Waals surface area contributed by atoms with Crippen LogP contribution in [0.15, 0.2) is 71.6 Å². The summed E-state index contributed by atoms with van der Waals surface area (Å²) in [7, 11) is -2.59. The first kappa shape index (κ1) is 25.6. The van der Waals surface area contributed by atoms with Crippen LogP contribution in [0.4, 0.5) is 5.69 Å². The van der Waals surface area contributed by atoms with Gasteiger partial charge in [0.15, 0.2) is 0 Å². The molecule has 0 fully saturated rings. The second-order valence-electron chi connectivity index (χ2n) is 9.72. The molecule has 0 spiro atoms. The largest absolute Gasteiger partial charge is 0.495 e. The van der Waals surface area contributed by atoms with Crippen molar-refractivity contribution < 1.29 is 22.7 Å². The minimum Gasteiger partial charge on any atom is -0.495 e. The van der Waals surface area contributed by atoms with Crippen LogP contribution >= 0.6 is 0 Å². The molecule has 0 saturated carbocycles. The van der Waals surface area contributed by atoms with Gasteiger partial charge in [-0.1, -0.05) is 42.0 Å². The number of aryl methyl sites for hydroxylation is 2. The van der Waals surface area contributed by atoms with Crippen molar-refractivity contribution in [3.63, 3.8) is 0 Å². The highest BCUT2D eigenvalue weighted by molar-refractivity contribution is 7.92. The maximum atomic E-state index is 13.7. The van der Waals surface area contributed by atoms with Crippen LogP contribution in [0.5, 0.6) is 11.5 Å². The van der Waals surface area contributed by atoms with Crippen LogP contribution in [0.25, 0.3) is 0 Å². The van der Waals surface area contributed by atoms with E-state index in [1.165, 1.54) is 7.11 Å². The van der Waals surface area contributed by atoms with Gasteiger partial charge in [-0.25, -0.2) is 8.42 Å². The van der Waals surface area contributed by atoms with Gasteiger partial charge in [0, 0.05) is 12.0 Å². The fourth-order valence-corrected chi connectivity index (χ4v) is 5.86. The Balaban J connectivity index is 1.68. The van der Waals surface area contributed by atoms with Gasteiger partial charge in [-0.15, -0.1) is 0 Å². The fraction of sp³-hybridized carbons (Fsp3) is 0.321. The molecule has 190 valence electrons. The number of methoxy groups -OCH3 is 1. The van der Waals surface area contributed by atoms with E-state index in [0.29, 0.717) is 17.9 Å². The molecule has 1 unspecified atom stereocenters. The molecular formula is C28H32N2O5S. The Hall–Kier alpha value is -3.52. The van der Waals surface area contributed by atoms with E-state index in [0.717, 1.165) is 26.7 Å². The summed E-state index contributed by atoms with van der Waals surface area (Å²) in [5.74, 6) is 0.658. The first-order valence-corrected chi connectivity index (χ1v) is 13.3. The zero-order valence-corrected chi connectivity index (χ0v) is 22.1. The molecule has 0 aromatic heterocycles. The third-order valence-electron chi connectivity index (χ3n) is 6.21. The molecule has 7 nitrogen and oxygen atoms in total. The van der Waals surface area contributed by atoms with Crippen molar-refractivity contribution in [3.05, 3.63) is 83.4 Å². The second-order valence-corrected chi connectivity index (χ2v) is 11.6. The molecule has 0 bridgehead atoms. The number of hydrogen-bond acceptors (Lipinski definition) is 5. The summed E-state index contributed by atoms with van der Waals surface area (Å²) in [6, 6.07) is 18.9. The zero-order chi connectivity index (χ0) is 26.1. The average molecular weight is 509 g/mol. The third-order valence-corrected chi connectivity index (χ3v) is 7.99. The number of amides is 1. The summed E-state index contributed by atoms with van der Waals surface area (Å²) >= 11 is 0. The molecule has 1 heterocycles. The lowest BCUT2D eigenvalue weighted by Crippen LogP contribution is -2.45. The molecule has 4 rings (SSSR count). The predicted molar refractivity (Wildman–Crippen MR) is 140 cm³/mol. The van der Waals surface area contributed by atoms with Crippen LogP contribution in [0.3, 0.4) is 0 Å². The molecule has 36 heavy (non-hydrogen) atoms. The van der Waals surface area contributed by atoms with Gasteiger partial charge >= 0.3 is 0 Å². The topological polar surface area (TPSA) is 84.9 Å². The highest BCUT2D eigenvalue weighted by Gasteiger charge is 2.36. The van der Waals surface area contributed by atoms with E-state index in [1.807, 2.05) is 45.9 Å². The van der Waals surface area contributed by atoms with E-state index in [9.17, 15) is 13.2 Å². The second kappa shape index (κ2) is 9.85. The number of ether oxygens (including phenoxy) is 2. The van der Waals surface area contributed by atoms with Gasteiger partial charge < -0.3 is 14.8 Å². The first-order valence-electron chi connectivity index (χ1n) is 11.8. The molecule has 0 radical (unpaired) electrons. The summed E-state index contributed by atoms with van der Waals surface area (Å²) in [4.78, 5) is 13.5. The Bertz CT molecular complexity index is 1370. The highest BCUT2D eigenvalue weighted by atomic mass is 32.2. The van der Waals surface area contributed by atoms with Crippen molar-refractivity contribution in [3.8, 4) is 11.5 Å². The van der Waals surface area contributed by atoms with Gasteiger partial charge in [0.2, 0.25) is 5.91 Å². The molecule has 3 aromatic carbocycles. The van der Waals surface area contributed by atoms with Crippen LogP contribution in [-0.2, 0) is 14.8 Å². The normalized spacial score (nSPS) is 16.4. The number of anilines is 1. The van der Waals surface area contributed by atoms with Crippen molar-refractivity contribution in [1.29, 1.82) is 0 Å². The fourth-order valence-electron chi connectivity index (χ4n) is 4.43. The Labute approximate surface area is 213 Å². The molecule has 1 amide bonds. The number of carbonyl (C=O) groups is 1. The number of carbonyl (C=O) groups excluding carboxylic acids is 1. The zero-order valence-electron chi connectivity index (χ0n) is 21.2. The quantitative estimate of drug-likeness (QED) is 0.489. The Morgan fingerprint density at radius 2 is 1.72 bits per heavy atom. The number of hydrogen-bond donors (Lipinski definition) is 1. The molecule has 3 aromatic rings. The number of rotatable bonds is 7. The summed E-state index contributed by atoms with van der Waals surface area (Å²) in [6.07, 6.45) is 0.550. The maximum Gasteiger partial charge on any atom is 0.264 e. The lowest BCUT2D eigenvalue weighted by Gasteiger charge is -2.38. The highest BCUT2D eigenvalue weighted by Crippen LogP contribution is 2.40. The SMILES string of the molecule is COc1ccccc1N(CC(=O)NC1CC(C)(C)Oc2cc(C)ccc21)S(=O)(=O)c1ccc(C)cc1. The molecule has 1 N–H and O–H groups in total. The third kappa shape index (κ3) is 5.33. The summed E-state index contributed by atoms with van der Waals surface area (Å²) in [6.45, 7) is 7.41. The van der Waals surface area contributed by atoms with Crippen molar-refractivity contribution in [2.75, 3.05) is 18.0 Å². The van der Waals surface area contributed by atoms with E-state index >= 15 is 0 Å². The minimum absolute atomic E-state index is 0.0971. The lowest BCUT2D eigenvalue weighted by atomic mass is 9.89. The monoisotopic (exact) mass is 508 g/mol. The summed E-state index contributed by atoms with van der Waals surface area (Å²) in [5, 5.41) is 3.05. The Morgan fingerprint density at radius 3 is 2.42 bits per heavy atom. The van der Waals surface area contributed by atoms with Crippen LogP contribution < -0.4 is 19.1 Å². The van der Waals surface area contributed by atoms with Crippen LogP contribution in [0.2, 0.25) is 0 Å². The Kier molecular flexibility index (Phi) is 7.00. The van der Waals surface area contributed by atoms with Gasteiger partial charge in [0.25, 0.3) is 10.0 Å². The maximum absolute atomic E-state index is 13.7. The molecule has 1 aliphatic heterocycles. The van der Waals surface area contributed by atoms with Crippen molar-refractivity contribution in [1.82, 2.24) is 5.32 Å². The van der Waals surface area contributed by atoms with Gasteiger partial charge in [0.05, 0.1) is 23.7 Å². The molecule has 1 aliphatic rings. The van der Waals surface area contributed by atoms with Crippen LogP contribution in [0, 0.1) is 13.8 Å². The predicted octanol–water partition coefficient (Wildman–Crippen LogP) is 4.93.